The zero-order valence-electron chi connectivity index (χ0n) is 19.9. The smallest absolute Gasteiger partial charge is 0.0999 e. The lowest BCUT2D eigenvalue weighted by Gasteiger charge is -2.12. The Bertz CT molecular complexity index is 1810. The van der Waals surface area contributed by atoms with E-state index in [0.29, 0.717) is 11.1 Å². The van der Waals surface area contributed by atoms with Gasteiger partial charge in [-0.25, -0.2) is 4.40 Å². The highest BCUT2D eigenvalue weighted by Gasteiger charge is 2.17. The van der Waals surface area contributed by atoms with Gasteiger partial charge in [-0.3, -0.25) is 0 Å². The largest absolute Gasteiger partial charge is 0.204 e. The summed E-state index contributed by atoms with van der Waals surface area (Å²) in [5, 5.41) is 20.9. The van der Waals surface area contributed by atoms with Gasteiger partial charge in [0.2, 0.25) is 0 Å². The summed E-state index contributed by atoms with van der Waals surface area (Å²) in [5.74, 6) is 0. The molecule has 4 nitrogen and oxygen atoms in total. The van der Waals surface area contributed by atoms with Gasteiger partial charge in [0.1, 0.15) is 0 Å². The second-order valence-corrected chi connectivity index (χ2v) is 12.9. The predicted molar refractivity (Wildman–Crippen MR) is 174 cm³/mol. The topological polar surface area (TPSA) is 72.8 Å². The number of nitriles is 2. The van der Waals surface area contributed by atoms with Gasteiger partial charge in [0, 0.05) is 71.2 Å². The van der Waals surface area contributed by atoms with Gasteiger partial charge < -0.3 is 0 Å². The Morgan fingerprint density at radius 2 is 1.71 bits per heavy atom. The maximum absolute atomic E-state index is 9.92. The van der Waals surface area contributed by atoms with Gasteiger partial charge in [0.05, 0.1) is 34.5 Å². The van der Waals surface area contributed by atoms with Gasteiger partial charge in [-0.1, -0.05) is 43.0 Å². The number of halogens is 1. The maximum atomic E-state index is 9.92. The number of rotatable bonds is 6. The molecule has 1 aromatic carbocycles. The average molecular weight is 677 g/mol. The quantitative estimate of drug-likeness (QED) is 0.116. The Morgan fingerprint density at radius 1 is 1.03 bits per heavy atom. The minimum Gasteiger partial charge on any atom is -0.204 e. The number of aryl methyl sites for hydroxylation is 1. The first kappa shape index (κ1) is 26.5. The number of fused-ring (bicyclic) bond motifs is 1. The molecule has 0 fully saturated rings. The Hall–Kier alpha value is -3.06. The van der Waals surface area contributed by atoms with Crippen LogP contribution in [0.5, 0.6) is 0 Å². The van der Waals surface area contributed by atoms with Crippen molar-refractivity contribution >= 4 is 98.9 Å². The van der Waals surface area contributed by atoms with Crippen molar-refractivity contribution in [1.82, 2.24) is 4.37 Å². The van der Waals surface area contributed by atoms with E-state index in [4.69, 9.17) is 0 Å². The standard InChI is InChI=1S/C29H17IN4S4/c1-17-5-3-7-24(28(17)34-38-30)19(15-31)13-21-9-11-26(35-21)27-12-10-22(36-27)14-20(16-32)25-8-4-6-23-18(2)37-33-29(23)25/h3-14H,1H2,2H3/b19-13+,20-14+,34-28+. The first-order valence-electron chi connectivity index (χ1n) is 11.3. The first-order chi connectivity index (χ1) is 18.5. The molecule has 0 N–H and O–H groups in total. The number of allylic oxidation sites excluding steroid dienone is 7. The molecule has 38 heavy (non-hydrogen) atoms. The zero-order chi connectivity index (χ0) is 26.6. The highest BCUT2D eigenvalue weighted by Crippen LogP contribution is 2.37. The van der Waals surface area contributed by atoms with Gasteiger partial charge in [-0.05, 0) is 60.4 Å². The van der Waals surface area contributed by atoms with E-state index < -0.39 is 0 Å². The summed E-state index contributed by atoms with van der Waals surface area (Å²) in [6.45, 7) is 6.11. The zero-order valence-corrected chi connectivity index (χ0v) is 25.4. The number of benzene rings is 1. The second kappa shape index (κ2) is 11.8. The lowest BCUT2D eigenvalue weighted by molar-refractivity contribution is 1.48. The lowest BCUT2D eigenvalue weighted by Crippen LogP contribution is -2.08. The van der Waals surface area contributed by atoms with E-state index in [1.165, 1.54) is 20.7 Å². The van der Waals surface area contributed by atoms with Gasteiger partial charge in [0.15, 0.2) is 0 Å². The van der Waals surface area contributed by atoms with Gasteiger partial charge in [-0.15, -0.1) is 22.7 Å². The molecule has 0 amide bonds. The predicted octanol–water partition coefficient (Wildman–Crippen LogP) is 9.86. The summed E-state index contributed by atoms with van der Waals surface area (Å²) in [5.41, 5.74) is 5.17. The fourth-order valence-corrected chi connectivity index (χ4v) is 7.56. The highest BCUT2D eigenvalue weighted by atomic mass is 127. The summed E-state index contributed by atoms with van der Waals surface area (Å²) in [6.07, 6.45) is 9.53. The third-order valence-corrected chi connectivity index (χ3v) is 9.70. The SMILES string of the molecule is C=C1C=CC=C(/C(C#N)=C/c2ccc(-c3ccc(/C=C(\C#N)c4cccc5c(C)snc45)s3)s2)/C1=N/SI. The number of nitrogens with zero attached hydrogens (tertiary/aromatic N) is 4. The van der Waals surface area contributed by atoms with Crippen LogP contribution in [0.3, 0.4) is 0 Å². The monoisotopic (exact) mass is 676 g/mol. The molecule has 5 rings (SSSR count). The van der Waals surface area contributed by atoms with Crippen molar-refractivity contribution in [2.75, 3.05) is 0 Å². The Labute approximate surface area is 249 Å². The van der Waals surface area contributed by atoms with E-state index in [2.05, 4.69) is 60.8 Å². The highest BCUT2D eigenvalue weighted by molar-refractivity contribution is 14.2. The fourth-order valence-electron chi connectivity index (χ4n) is 4.01. The maximum Gasteiger partial charge on any atom is 0.0999 e. The summed E-state index contributed by atoms with van der Waals surface area (Å²) < 4.78 is 9.04. The fraction of sp³-hybridized carbons (Fsp3) is 0.0345. The average Bonchev–Trinajstić information content (AvgIpc) is 3.68. The summed E-state index contributed by atoms with van der Waals surface area (Å²) in [7, 11) is 1.32. The van der Waals surface area contributed by atoms with Crippen LogP contribution in [0.25, 0.3) is 38.4 Å². The van der Waals surface area contributed by atoms with Crippen LogP contribution in [-0.4, -0.2) is 10.1 Å². The van der Waals surface area contributed by atoms with E-state index in [-0.39, 0.29) is 0 Å². The third-order valence-electron chi connectivity index (χ3n) is 5.83. The molecule has 0 saturated heterocycles. The van der Waals surface area contributed by atoms with Crippen LogP contribution in [0.2, 0.25) is 0 Å². The van der Waals surface area contributed by atoms with Crippen molar-refractivity contribution < 1.29 is 0 Å². The molecule has 184 valence electrons. The molecule has 1 aliphatic carbocycles. The first-order valence-corrected chi connectivity index (χ1v) is 17.0. The molecular weight excluding hydrogens is 660 g/mol. The van der Waals surface area contributed by atoms with Crippen LogP contribution < -0.4 is 0 Å². The van der Waals surface area contributed by atoms with Crippen molar-refractivity contribution in [3.05, 3.63) is 104 Å². The van der Waals surface area contributed by atoms with E-state index in [1.807, 2.05) is 67.6 Å². The van der Waals surface area contributed by atoms with Gasteiger partial charge in [-0.2, -0.15) is 14.9 Å². The Kier molecular flexibility index (Phi) is 8.22. The number of hydrogen-bond acceptors (Lipinski definition) is 8. The van der Waals surface area contributed by atoms with Crippen molar-refractivity contribution in [3.8, 4) is 21.9 Å². The van der Waals surface area contributed by atoms with Crippen LogP contribution >= 0.6 is 64.5 Å². The number of aromatic nitrogens is 1. The number of hydrogen-bond donors (Lipinski definition) is 0. The normalized spacial score (nSPS) is 15.1. The lowest BCUT2D eigenvalue weighted by atomic mass is 9.93. The molecule has 0 bridgehead atoms. The Balaban J connectivity index is 1.43. The summed E-state index contributed by atoms with van der Waals surface area (Å²) in [6, 6.07) is 18.9. The van der Waals surface area contributed by atoms with Gasteiger partial charge >= 0.3 is 0 Å². The van der Waals surface area contributed by atoms with Crippen molar-refractivity contribution in [3.63, 3.8) is 0 Å². The molecule has 0 saturated carbocycles. The minimum atomic E-state index is 0.549. The van der Waals surface area contributed by atoms with E-state index >= 15 is 0 Å². The molecule has 9 heteroatoms. The molecule has 0 atom stereocenters. The number of thiophene rings is 2. The minimum absolute atomic E-state index is 0.549. The van der Waals surface area contributed by atoms with E-state index in [0.717, 1.165) is 57.7 Å². The molecule has 0 radical (unpaired) electrons. The Morgan fingerprint density at radius 3 is 2.37 bits per heavy atom. The molecular formula is C29H17IN4S4. The summed E-state index contributed by atoms with van der Waals surface area (Å²) in [4.78, 5) is 5.34. The van der Waals surface area contributed by atoms with Crippen LogP contribution in [0, 0.1) is 29.6 Å². The second-order valence-electron chi connectivity index (χ2n) is 8.16. The molecule has 0 aliphatic heterocycles. The molecule has 3 aromatic heterocycles. The molecule has 1 aliphatic rings. The van der Waals surface area contributed by atoms with Crippen LogP contribution in [0.1, 0.15) is 20.2 Å². The summed E-state index contributed by atoms with van der Waals surface area (Å²) >= 11 is 6.83. The molecule has 0 spiro atoms. The van der Waals surface area contributed by atoms with Crippen LogP contribution in [-0.2, 0) is 0 Å². The molecule has 0 unspecified atom stereocenters. The van der Waals surface area contributed by atoms with Crippen LogP contribution in [0.15, 0.2) is 88.4 Å². The van der Waals surface area contributed by atoms with Crippen molar-refractivity contribution in [2.45, 2.75) is 6.92 Å². The van der Waals surface area contributed by atoms with Crippen LogP contribution in [0.4, 0.5) is 0 Å². The van der Waals surface area contributed by atoms with E-state index in [1.54, 1.807) is 22.7 Å². The third kappa shape index (κ3) is 5.39. The van der Waals surface area contributed by atoms with E-state index in [9.17, 15) is 10.5 Å². The van der Waals surface area contributed by atoms with Crippen molar-refractivity contribution in [1.29, 1.82) is 10.5 Å². The molecule has 4 aromatic rings. The molecule has 3 heterocycles. The van der Waals surface area contributed by atoms with Gasteiger partial charge in [0.25, 0.3) is 0 Å². The van der Waals surface area contributed by atoms with Crippen molar-refractivity contribution in [2.24, 2.45) is 4.40 Å².